The Morgan fingerprint density at radius 2 is 1.89 bits per heavy atom. The molecule has 0 bridgehead atoms. The summed E-state index contributed by atoms with van der Waals surface area (Å²) in [6.07, 6.45) is 0. The third-order valence-electron chi connectivity index (χ3n) is 2.45. The fourth-order valence-corrected chi connectivity index (χ4v) is 3.10. The van der Waals surface area contributed by atoms with E-state index in [0.29, 0.717) is 10.0 Å². The highest BCUT2D eigenvalue weighted by Gasteiger charge is 2.08. The normalized spacial score (nSPS) is 10.3. The highest BCUT2D eigenvalue weighted by Crippen LogP contribution is 2.28. The van der Waals surface area contributed by atoms with Crippen LogP contribution < -0.4 is 11.1 Å². The van der Waals surface area contributed by atoms with Crippen molar-refractivity contribution in [2.45, 2.75) is 0 Å². The summed E-state index contributed by atoms with van der Waals surface area (Å²) in [5.41, 5.74) is 8.38. The Hall–Kier alpha value is -0.370. The summed E-state index contributed by atoms with van der Waals surface area (Å²) < 4.78 is 1.97. The van der Waals surface area contributed by atoms with Gasteiger partial charge in [-0.05, 0) is 59.0 Å². The van der Waals surface area contributed by atoms with Crippen molar-refractivity contribution in [3.8, 4) is 0 Å². The summed E-state index contributed by atoms with van der Waals surface area (Å²) in [7, 11) is 0. The van der Waals surface area contributed by atoms with Gasteiger partial charge in [0.15, 0.2) is 0 Å². The highest BCUT2D eigenvalue weighted by atomic mass is 127. The smallest absolute Gasteiger partial charge is 0.106 e. The molecule has 0 aromatic heterocycles. The predicted octanol–water partition coefficient (Wildman–Crippen LogP) is 5.08. The number of nitrogens with one attached hydrogen (secondary N) is 1. The number of anilines is 2. The van der Waals surface area contributed by atoms with E-state index in [1.165, 1.54) is 0 Å². The van der Waals surface area contributed by atoms with Crippen LogP contribution >= 0.6 is 62.3 Å². The van der Waals surface area contributed by atoms with Gasteiger partial charge in [-0.2, -0.15) is 0 Å². The van der Waals surface area contributed by atoms with Crippen LogP contribution in [0.5, 0.6) is 0 Å². The molecule has 2 aromatic rings. The van der Waals surface area contributed by atoms with Crippen molar-refractivity contribution in [1.29, 1.82) is 0 Å². The van der Waals surface area contributed by atoms with Gasteiger partial charge in [-0.25, -0.2) is 0 Å². The fraction of sp³-hybridized carbons (Fsp3) is 0. The van der Waals surface area contributed by atoms with Crippen molar-refractivity contribution in [3.05, 3.63) is 55.0 Å². The van der Waals surface area contributed by atoms with Crippen LogP contribution in [0.25, 0.3) is 0 Å². The van der Waals surface area contributed by atoms with Crippen molar-refractivity contribution in [3.63, 3.8) is 0 Å². The van der Waals surface area contributed by atoms with Crippen LogP contribution in [0.15, 0.2) is 40.9 Å². The molecule has 0 aliphatic rings. The van der Waals surface area contributed by atoms with Gasteiger partial charge in [0.1, 0.15) is 4.99 Å². The molecule has 0 aliphatic carbocycles. The Bertz CT molecular complexity index is 649. The van der Waals surface area contributed by atoms with Crippen LogP contribution in [0.2, 0.25) is 5.02 Å². The first-order chi connectivity index (χ1) is 8.97. The molecule has 98 valence electrons. The second kappa shape index (κ2) is 6.39. The molecule has 0 fully saturated rings. The largest absolute Gasteiger partial charge is 0.389 e. The van der Waals surface area contributed by atoms with Gasteiger partial charge in [0.25, 0.3) is 0 Å². The molecule has 0 saturated carbocycles. The molecule has 2 rings (SSSR count). The van der Waals surface area contributed by atoms with Crippen LogP contribution in [0.1, 0.15) is 5.56 Å². The molecule has 0 unspecified atom stereocenters. The average Bonchev–Trinajstić information content (AvgIpc) is 2.34. The Kier molecular flexibility index (Phi) is 5.05. The van der Waals surface area contributed by atoms with E-state index in [1.54, 1.807) is 0 Å². The summed E-state index contributed by atoms with van der Waals surface area (Å²) in [4.78, 5) is 0.354. The van der Waals surface area contributed by atoms with Crippen LogP contribution in [0, 0.1) is 3.57 Å². The monoisotopic (exact) mass is 466 g/mol. The summed E-state index contributed by atoms with van der Waals surface area (Å²) in [6, 6.07) is 11.4. The minimum absolute atomic E-state index is 0.354. The second-order valence-electron chi connectivity index (χ2n) is 3.80. The first-order valence-corrected chi connectivity index (χ1v) is 7.94. The maximum absolute atomic E-state index is 5.94. The lowest BCUT2D eigenvalue weighted by atomic mass is 10.1. The molecule has 0 amide bonds. The SMILES string of the molecule is NC(=S)c1cc(Br)ccc1Nc1ccc(Cl)cc1I. The van der Waals surface area contributed by atoms with Crippen molar-refractivity contribution in [2.24, 2.45) is 5.73 Å². The van der Waals surface area contributed by atoms with Crippen molar-refractivity contribution in [2.75, 3.05) is 5.32 Å². The van der Waals surface area contributed by atoms with Gasteiger partial charge in [0.05, 0.1) is 5.69 Å². The van der Waals surface area contributed by atoms with Crippen LogP contribution in [-0.4, -0.2) is 4.99 Å². The maximum atomic E-state index is 5.94. The Morgan fingerprint density at radius 3 is 2.53 bits per heavy atom. The molecule has 2 nitrogen and oxygen atoms in total. The lowest BCUT2D eigenvalue weighted by molar-refractivity contribution is 1.49. The molecule has 0 heterocycles. The van der Waals surface area contributed by atoms with E-state index in [9.17, 15) is 0 Å². The number of thiocarbonyl (C=S) groups is 1. The van der Waals surface area contributed by atoms with E-state index in [2.05, 4.69) is 43.8 Å². The molecule has 3 N–H and O–H groups in total. The van der Waals surface area contributed by atoms with Crippen molar-refractivity contribution in [1.82, 2.24) is 0 Å². The van der Waals surface area contributed by atoms with Gasteiger partial charge in [-0.3, -0.25) is 0 Å². The highest BCUT2D eigenvalue weighted by molar-refractivity contribution is 14.1. The third kappa shape index (κ3) is 3.81. The van der Waals surface area contributed by atoms with Crippen molar-refractivity contribution >= 4 is 78.7 Å². The predicted molar refractivity (Wildman–Crippen MR) is 97.5 cm³/mol. The lowest BCUT2D eigenvalue weighted by Gasteiger charge is -2.13. The van der Waals surface area contributed by atoms with Crippen LogP contribution in [-0.2, 0) is 0 Å². The van der Waals surface area contributed by atoms with Gasteiger partial charge in [-0.1, -0.05) is 39.7 Å². The number of rotatable bonds is 3. The van der Waals surface area contributed by atoms with Crippen molar-refractivity contribution < 1.29 is 0 Å². The number of hydrogen-bond donors (Lipinski definition) is 2. The molecule has 2 aromatic carbocycles. The minimum atomic E-state index is 0.354. The summed E-state index contributed by atoms with van der Waals surface area (Å²) in [6.45, 7) is 0. The Morgan fingerprint density at radius 1 is 1.21 bits per heavy atom. The van der Waals surface area contributed by atoms with Gasteiger partial charge in [0, 0.05) is 24.3 Å². The standard InChI is InChI=1S/C13H9BrClIN2S/c14-7-1-3-11(9(5-7)13(17)19)18-12-4-2-8(15)6-10(12)16/h1-6,18H,(H2,17,19). The molecular weight excluding hydrogens is 458 g/mol. The Balaban J connectivity index is 2.40. The molecule has 19 heavy (non-hydrogen) atoms. The molecule has 6 heteroatoms. The van der Waals surface area contributed by atoms with Crippen LogP contribution in [0.3, 0.4) is 0 Å². The van der Waals surface area contributed by atoms with E-state index < -0.39 is 0 Å². The van der Waals surface area contributed by atoms with E-state index in [4.69, 9.17) is 29.6 Å². The number of nitrogens with two attached hydrogens (primary N) is 1. The Labute approximate surface area is 144 Å². The first-order valence-electron chi connectivity index (χ1n) is 5.29. The summed E-state index contributed by atoms with van der Waals surface area (Å²) in [5.74, 6) is 0. The topological polar surface area (TPSA) is 38.0 Å². The molecule has 0 atom stereocenters. The number of benzene rings is 2. The third-order valence-corrected chi connectivity index (χ3v) is 4.29. The molecule has 0 aliphatic heterocycles. The molecule has 0 saturated heterocycles. The van der Waals surface area contributed by atoms with Crippen LogP contribution in [0.4, 0.5) is 11.4 Å². The fourth-order valence-electron chi connectivity index (χ4n) is 1.57. The number of halogens is 3. The molecule has 0 spiro atoms. The summed E-state index contributed by atoms with van der Waals surface area (Å²) in [5, 5.41) is 4.03. The first kappa shape index (κ1) is 15.0. The van der Waals surface area contributed by atoms with E-state index in [1.807, 2.05) is 36.4 Å². The average molecular weight is 468 g/mol. The quantitative estimate of drug-likeness (QED) is 0.488. The summed E-state index contributed by atoms with van der Waals surface area (Å²) >= 11 is 16.7. The maximum Gasteiger partial charge on any atom is 0.106 e. The molecular formula is C13H9BrClIN2S. The molecule has 0 radical (unpaired) electrons. The van der Waals surface area contributed by atoms with E-state index >= 15 is 0 Å². The second-order valence-corrected chi connectivity index (χ2v) is 6.76. The number of hydrogen-bond acceptors (Lipinski definition) is 2. The zero-order chi connectivity index (χ0) is 14.0. The lowest BCUT2D eigenvalue weighted by Crippen LogP contribution is -2.12. The van der Waals surface area contributed by atoms with E-state index in [0.717, 1.165) is 25.0 Å². The zero-order valence-electron chi connectivity index (χ0n) is 9.58. The van der Waals surface area contributed by atoms with E-state index in [-0.39, 0.29) is 0 Å². The van der Waals surface area contributed by atoms with Gasteiger partial charge in [0.2, 0.25) is 0 Å². The van der Waals surface area contributed by atoms with Gasteiger partial charge >= 0.3 is 0 Å². The zero-order valence-corrected chi connectivity index (χ0v) is 14.9. The van der Waals surface area contributed by atoms with Gasteiger partial charge in [-0.15, -0.1) is 0 Å². The van der Waals surface area contributed by atoms with Gasteiger partial charge < -0.3 is 11.1 Å². The minimum Gasteiger partial charge on any atom is -0.389 e.